The van der Waals surface area contributed by atoms with Crippen LogP contribution < -0.4 is 0 Å². The third-order valence-electron chi connectivity index (χ3n) is 2.44. The molecule has 0 aliphatic rings. The van der Waals surface area contributed by atoms with Gasteiger partial charge in [-0.15, -0.1) is 0 Å². The van der Waals surface area contributed by atoms with Gasteiger partial charge in [0.2, 0.25) is 0 Å². The predicted octanol–water partition coefficient (Wildman–Crippen LogP) is 0.786. The molecule has 0 bridgehead atoms. The second-order valence-electron chi connectivity index (χ2n) is 3.79. The number of fused-ring (bicyclic) bond motifs is 1. The van der Waals surface area contributed by atoms with Crippen molar-refractivity contribution in [2.75, 3.05) is 13.6 Å². The van der Waals surface area contributed by atoms with Gasteiger partial charge in [0.1, 0.15) is 12.1 Å². The van der Waals surface area contributed by atoms with Crippen molar-refractivity contribution in [2.24, 2.45) is 0 Å². The first-order chi connectivity index (χ1) is 8.59. The molecule has 2 rings (SSSR count). The lowest BCUT2D eigenvalue weighted by Gasteiger charge is -2.14. The minimum absolute atomic E-state index is 0.164. The van der Waals surface area contributed by atoms with E-state index in [1.807, 2.05) is 6.07 Å². The van der Waals surface area contributed by atoms with Crippen molar-refractivity contribution >= 4 is 22.8 Å². The average Bonchev–Trinajstić information content (AvgIpc) is 2.36. The highest BCUT2D eigenvalue weighted by atomic mass is 16.4. The zero-order chi connectivity index (χ0) is 13.1. The van der Waals surface area contributed by atoms with Crippen molar-refractivity contribution in [3.63, 3.8) is 0 Å². The van der Waals surface area contributed by atoms with Crippen LogP contribution in [0.5, 0.6) is 0 Å². The second kappa shape index (κ2) is 4.79. The lowest BCUT2D eigenvalue weighted by Crippen LogP contribution is -2.32. The number of amides is 1. The molecule has 1 N–H and O–H groups in total. The Hall–Kier alpha value is -2.50. The summed E-state index contributed by atoms with van der Waals surface area (Å²) in [4.78, 5) is 31.8. The van der Waals surface area contributed by atoms with Gasteiger partial charge in [-0.05, 0) is 12.1 Å². The molecule has 2 aromatic heterocycles. The van der Waals surface area contributed by atoms with Gasteiger partial charge in [-0.3, -0.25) is 14.6 Å². The fraction of sp³-hybridized carbons (Fsp3) is 0.167. The van der Waals surface area contributed by atoms with Gasteiger partial charge < -0.3 is 10.0 Å². The largest absolute Gasteiger partial charge is 0.480 e. The zero-order valence-electron chi connectivity index (χ0n) is 9.70. The molecule has 1 amide bonds. The molecule has 6 heteroatoms. The number of rotatable bonds is 3. The van der Waals surface area contributed by atoms with Gasteiger partial charge in [0, 0.05) is 24.8 Å². The molecule has 0 saturated heterocycles. The maximum atomic E-state index is 12.1. The summed E-state index contributed by atoms with van der Waals surface area (Å²) in [5.41, 5.74) is 0.638. The molecule has 0 fully saturated rings. The number of aromatic nitrogens is 2. The SMILES string of the molecule is CN(CC(=O)O)C(=O)c1nccc2cccnc12. The Balaban J connectivity index is 2.42. The van der Waals surface area contributed by atoms with Gasteiger partial charge in [-0.1, -0.05) is 6.07 Å². The zero-order valence-corrected chi connectivity index (χ0v) is 9.70. The number of carbonyl (C=O) groups excluding carboxylic acids is 1. The predicted molar refractivity (Wildman–Crippen MR) is 64.1 cm³/mol. The Labute approximate surface area is 103 Å². The van der Waals surface area contributed by atoms with Gasteiger partial charge in [0.05, 0.1) is 0 Å². The van der Waals surface area contributed by atoms with Crippen molar-refractivity contribution in [2.45, 2.75) is 0 Å². The minimum atomic E-state index is -1.07. The molecule has 0 radical (unpaired) electrons. The van der Waals surface area contributed by atoms with E-state index in [9.17, 15) is 9.59 Å². The molecule has 0 atom stereocenters. The van der Waals surface area contributed by atoms with Crippen LogP contribution in [0.3, 0.4) is 0 Å². The Morgan fingerprint density at radius 2 is 2.06 bits per heavy atom. The van der Waals surface area contributed by atoms with Crippen LogP contribution in [-0.4, -0.2) is 45.4 Å². The maximum Gasteiger partial charge on any atom is 0.323 e. The van der Waals surface area contributed by atoms with E-state index >= 15 is 0 Å². The molecule has 92 valence electrons. The normalized spacial score (nSPS) is 10.3. The van der Waals surface area contributed by atoms with Crippen molar-refractivity contribution < 1.29 is 14.7 Å². The van der Waals surface area contributed by atoms with Crippen molar-refractivity contribution in [3.8, 4) is 0 Å². The molecule has 2 heterocycles. The Kier molecular flexibility index (Phi) is 3.18. The quantitative estimate of drug-likeness (QED) is 0.864. The summed E-state index contributed by atoms with van der Waals surface area (Å²) in [6, 6.07) is 5.33. The topological polar surface area (TPSA) is 83.4 Å². The van der Waals surface area contributed by atoms with E-state index in [1.54, 1.807) is 18.3 Å². The number of pyridine rings is 2. The first-order valence-corrected chi connectivity index (χ1v) is 5.26. The van der Waals surface area contributed by atoms with Crippen LogP contribution in [-0.2, 0) is 4.79 Å². The molecule has 0 aliphatic carbocycles. The molecule has 6 nitrogen and oxygen atoms in total. The van der Waals surface area contributed by atoms with Crippen LogP contribution >= 0.6 is 0 Å². The summed E-state index contributed by atoms with van der Waals surface area (Å²) in [7, 11) is 1.42. The Bertz CT molecular complexity index is 607. The first kappa shape index (κ1) is 12.0. The van der Waals surface area contributed by atoms with Gasteiger partial charge in [0.15, 0.2) is 5.69 Å². The molecule has 2 aromatic rings. The molecule has 0 aromatic carbocycles. The van der Waals surface area contributed by atoms with Gasteiger partial charge >= 0.3 is 5.97 Å². The van der Waals surface area contributed by atoms with E-state index < -0.39 is 11.9 Å². The van der Waals surface area contributed by atoms with E-state index in [1.165, 1.54) is 13.2 Å². The summed E-state index contributed by atoms with van der Waals surface area (Å²) in [6.07, 6.45) is 3.07. The monoisotopic (exact) mass is 245 g/mol. The standard InChI is InChI=1S/C12H11N3O3/c1-15(7-9(16)17)12(18)11-10-8(4-6-14-11)3-2-5-13-10/h2-6H,7H2,1H3,(H,16,17). The number of carbonyl (C=O) groups is 2. The molecule has 0 spiro atoms. The molecule has 18 heavy (non-hydrogen) atoms. The van der Waals surface area contributed by atoms with Crippen LogP contribution in [0.25, 0.3) is 10.9 Å². The summed E-state index contributed by atoms with van der Waals surface area (Å²) in [5.74, 6) is -1.53. The highest BCUT2D eigenvalue weighted by Crippen LogP contribution is 2.14. The summed E-state index contributed by atoms with van der Waals surface area (Å²) in [6.45, 7) is -0.371. The number of nitrogens with zero attached hydrogens (tertiary/aromatic N) is 3. The first-order valence-electron chi connectivity index (χ1n) is 5.26. The second-order valence-corrected chi connectivity index (χ2v) is 3.79. The van der Waals surface area contributed by atoms with Gasteiger partial charge in [0.25, 0.3) is 5.91 Å². The summed E-state index contributed by atoms with van der Waals surface area (Å²) < 4.78 is 0. The summed E-state index contributed by atoms with van der Waals surface area (Å²) in [5, 5.41) is 9.45. The number of carboxylic acids is 1. The Morgan fingerprint density at radius 1 is 1.28 bits per heavy atom. The Morgan fingerprint density at radius 3 is 2.78 bits per heavy atom. The highest BCUT2D eigenvalue weighted by Gasteiger charge is 2.18. The molecule has 0 unspecified atom stereocenters. The fourth-order valence-electron chi connectivity index (χ4n) is 1.62. The molecular weight excluding hydrogens is 234 g/mol. The smallest absolute Gasteiger partial charge is 0.323 e. The molecule has 0 aliphatic heterocycles. The van der Waals surface area contributed by atoms with Crippen LogP contribution in [0.4, 0.5) is 0 Å². The lowest BCUT2D eigenvalue weighted by atomic mass is 10.2. The number of hydrogen-bond acceptors (Lipinski definition) is 4. The highest BCUT2D eigenvalue weighted by molar-refractivity contribution is 6.04. The maximum absolute atomic E-state index is 12.1. The van der Waals surface area contributed by atoms with Crippen LogP contribution in [0.15, 0.2) is 30.6 Å². The third-order valence-corrected chi connectivity index (χ3v) is 2.44. The number of aliphatic carboxylic acids is 1. The van der Waals surface area contributed by atoms with Crippen molar-refractivity contribution in [3.05, 3.63) is 36.3 Å². The molecular formula is C12H11N3O3. The van der Waals surface area contributed by atoms with E-state index in [4.69, 9.17) is 5.11 Å². The lowest BCUT2D eigenvalue weighted by molar-refractivity contribution is -0.137. The van der Waals surface area contributed by atoms with Gasteiger partial charge in [-0.25, -0.2) is 4.98 Å². The van der Waals surface area contributed by atoms with E-state index in [2.05, 4.69) is 9.97 Å². The van der Waals surface area contributed by atoms with E-state index in [0.717, 1.165) is 10.3 Å². The van der Waals surface area contributed by atoms with Crippen molar-refractivity contribution in [1.82, 2.24) is 14.9 Å². The summed E-state index contributed by atoms with van der Waals surface area (Å²) >= 11 is 0. The minimum Gasteiger partial charge on any atom is -0.480 e. The number of likely N-dealkylation sites (N-methyl/N-ethyl adjacent to an activating group) is 1. The average molecular weight is 245 g/mol. The van der Waals surface area contributed by atoms with Crippen molar-refractivity contribution in [1.29, 1.82) is 0 Å². The fourth-order valence-corrected chi connectivity index (χ4v) is 1.62. The van der Waals surface area contributed by atoms with Crippen LogP contribution in [0.1, 0.15) is 10.5 Å². The third kappa shape index (κ3) is 2.27. The van der Waals surface area contributed by atoms with Crippen LogP contribution in [0, 0.1) is 0 Å². The van der Waals surface area contributed by atoms with Gasteiger partial charge in [-0.2, -0.15) is 0 Å². The number of carboxylic acid groups (broad SMARTS) is 1. The van der Waals surface area contributed by atoms with Crippen LogP contribution in [0.2, 0.25) is 0 Å². The van der Waals surface area contributed by atoms with E-state index in [0.29, 0.717) is 5.52 Å². The molecule has 0 saturated carbocycles. The number of hydrogen-bond donors (Lipinski definition) is 1. The van der Waals surface area contributed by atoms with E-state index in [-0.39, 0.29) is 12.2 Å².